The van der Waals surface area contributed by atoms with Gasteiger partial charge in [-0.2, -0.15) is 0 Å². The number of benzene rings is 1. The van der Waals surface area contributed by atoms with E-state index in [1.165, 1.54) is 12.8 Å². The van der Waals surface area contributed by atoms with Gasteiger partial charge in [-0.15, -0.1) is 11.3 Å². The standard InChI is InChI=1S/C17H19N3O2S/c21-16(18-10-12-6-7-12)11-19-17(22)20-14-4-1-3-13(9-14)15-5-2-8-23-15/h1-5,8-9,12H,6-7,10-11H2,(H,18,21)(H2,19,20,22). The lowest BCUT2D eigenvalue weighted by Crippen LogP contribution is -2.39. The summed E-state index contributed by atoms with van der Waals surface area (Å²) in [5, 5.41) is 10.1. The second kappa shape index (κ2) is 7.28. The van der Waals surface area contributed by atoms with E-state index in [-0.39, 0.29) is 18.5 Å². The van der Waals surface area contributed by atoms with Crippen LogP contribution in [0.5, 0.6) is 0 Å². The zero-order chi connectivity index (χ0) is 16.1. The molecular weight excluding hydrogens is 310 g/mol. The number of anilines is 1. The number of rotatable bonds is 6. The fourth-order valence-electron chi connectivity index (χ4n) is 2.17. The maximum Gasteiger partial charge on any atom is 0.319 e. The third-order valence-corrected chi connectivity index (χ3v) is 4.54. The zero-order valence-corrected chi connectivity index (χ0v) is 13.5. The maximum absolute atomic E-state index is 11.9. The van der Waals surface area contributed by atoms with E-state index in [4.69, 9.17) is 0 Å². The highest BCUT2D eigenvalue weighted by atomic mass is 32.1. The summed E-state index contributed by atoms with van der Waals surface area (Å²) in [4.78, 5) is 24.6. The van der Waals surface area contributed by atoms with Crippen molar-refractivity contribution in [2.75, 3.05) is 18.4 Å². The van der Waals surface area contributed by atoms with Crippen molar-refractivity contribution in [3.05, 3.63) is 41.8 Å². The summed E-state index contributed by atoms with van der Waals surface area (Å²) in [5.74, 6) is 0.479. The van der Waals surface area contributed by atoms with Gasteiger partial charge in [0.15, 0.2) is 0 Å². The number of carbonyl (C=O) groups excluding carboxylic acids is 2. The first-order valence-corrected chi connectivity index (χ1v) is 8.54. The molecule has 1 aliphatic carbocycles. The van der Waals surface area contributed by atoms with Crippen LogP contribution in [0.4, 0.5) is 10.5 Å². The molecule has 6 heteroatoms. The lowest BCUT2D eigenvalue weighted by Gasteiger charge is -2.09. The molecule has 1 fully saturated rings. The average molecular weight is 329 g/mol. The summed E-state index contributed by atoms with van der Waals surface area (Å²) in [6.07, 6.45) is 2.38. The molecule has 1 aromatic heterocycles. The van der Waals surface area contributed by atoms with Crippen LogP contribution in [0, 0.1) is 5.92 Å². The van der Waals surface area contributed by atoms with Crippen molar-refractivity contribution in [1.29, 1.82) is 0 Å². The number of urea groups is 1. The maximum atomic E-state index is 11.9. The van der Waals surface area contributed by atoms with Gasteiger partial charge < -0.3 is 16.0 Å². The first-order valence-electron chi connectivity index (χ1n) is 7.66. The van der Waals surface area contributed by atoms with Crippen LogP contribution in [0.25, 0.3) is 10.4 Å². The van der Waals surface area contributed by atoms with Crippen molar-refractivity contribution in [2.24, 2.45) is 5.92 Å². The van der Waals surface area contributed by atoms with Crippen LogP contribution in [0.3, 0.4) is 0 Å². The molecule has 3 N–H and O–H groups in total. The molecule has 0 spiro atoms. The topological polar surface area (TPSA) is 70.2 Å². The molecule has 23 heavy (non-hydrogen) atoms. The van der Waals surface area contributed by atoms with Gasteiger partial charge in [-0.05, 0) is 47.9 Å². The molecule has 1 aromatic carbocycles. The number of hydrogen-bond donors (Lipinski definition) is 3. The Kier molecular flexibility index (Phi) is 4.92. The van der Waals surface area contributed by atoms with E-state index >= 15 is 0 Å². The average Bonchev–Trinajstić information content (AvgIpc) is 3.22. The largest absolute Gasteiger partial charge is 0.354 e. The van der Waals surface area contributed by atoms with Crippen molar-refractivity contribution in [3.8, 4) is 10.4 Å². The van der Waals surface area contributed by atoms with Gasteiger partial charge in [-0.3, -0.25) is 4.79 Å². The molecule has 0 radical (unpaired) electrons. The van der Waals surface area contributed by atoms with Crippen LogP contribution < -0.4 is 16.0 Å². The molecule has 1 saturated carbocycles. The monoisotopic (exact) mass is 329 g/mol. The number of carbonyl (C=O) groups is 2. The van der Waals surface area contributed by atoms with E-state index in [0.717, 1.165) is 10.4 Å². The minimum atomic E-state index is -0.380. The van der Waals surface area contributed by atoms with E-state index < -0.39 is 0 Å². The number of amides is 3. The minimum absolute atomic E-state index is 0.0107. The Balaban J connectivity index is 1.47. The van der Waals surface area contributed by atoms with Crippen molar-refractivity contribution >= 4 is 29.0 Å². The smallest absolute Gasteiger partial charge is 0.319 e. The van der Waals surface area contributed by atoms with E-state index in [1.807, 2.05) is 41.8 Å². The SMILES string of the molecule is O=C(CNC(=O)Nc1cccc(-c2cccs2)c1)NCC1CC1. The van der Waals surface area contributed by atoms with Gasteiger partial charge in [0.2, 0.25) is 5.91 Å². The number of thiophene rings is 1. The Hall–Kier alpha value is -2.34. The molecule has 120 valence electrons. The predicted molar refractivity (Wildman–Crippen MR) is 92.5 cm³/mol. The molecule has 1 heterocycles. The normalized spacial score (nSPS) is 13.4. The predicted octanol–water partition coefficient (Wildman–Crippen LogP) is 3.06. The summed E-state index contributed by atoms with van der Waals surface area (Å²) in [5.41, 5.74) is 1.76. The van der Waals surface area contributed by atoms with Gasteiger partial charge >= 0.3 is 6.03 Å². The Labute approximate surface area is 139 Å². The molecule has 0 aliphatic heterocycles. The van der Waals surface area contributed by atoms with Gasteiger partial charge in [0.05, 0.1) is 6.54 Å². The van der Waals surface area contributed by atoms with Gasteiger partial charge in [0.25, 0.3) is 0 Å². The van der Waals surface area contributed by atoms with Gasteiger partial charge in [0, 0.05) is 17.1 Å². The van der Waals surface area contributed by atoms with Gasteiger partial charge in [0.1, 0.15) is 0 Å². The Bertz CT molecular complexity index is 681. The Morgan fingerprint density at radius 1 is 1.13 bits per heavy atom. The van der Waals surface area contributed by atoms with Crippen LogP contribution in [0.1, 0.15) is 12.8 Å². The molecular formula is C17H19N3O2S. The van der Waals surface area contributed by atoms with Crippen LogP contribution in [0.15, 0.2) is 41.8 Å². The molecule has 0 unspecified atom stereocenters. The van der Waals surface area contributed by atoms with Crippen molar-refractivity contribution < 1.29 is 9.59 Å². The molecule has 0 atom stereocenters. The summed E-state index contributed by atoms with van der Waals surface area (Å²) in [6.45, 7) is 0.703. The highest BCUT2D eigenvalue weighted by molar-refractivity contribution is 7.13. The van der Waals surface area contributed by atoms with Crippen molar-refractivity contribution in [2.45, 2.75) is 12.8 Å². The third kappa shape index (κ3) is 4.82. The summed E-state index contributed by atoms with van der Waals surface area (Å²) >= 11 is 1.65. The van der Waals surface area contributed by atoms with E-state index in [0.29, 0.717) is 18.2 Å². The zero-order valence-electron chi connectivity index (χ0n) is 12.7. The summed E-state index contributed by atoms with van der Waals surface area (Å²) < 4.78 is 0. The molecule has 3 rings (SSSR count). The first kappa shape index (κ1) is 15.6. The first-order chi connectivity index (χ1) is 11.2. The second-order valence-corrected chi connectivity index (χ2v) is 6.56. The highest BCUT2D eigenvalue weighted by Gasteiger charge is 2.21. The highest BCUT2D eigenvalue weighted by Crippen LogP contribution is 2.27. The minimum Gasteiger partial charge on any atom is -0.354 e. The quantitative estimate of drug-likeness (QED) is 0.762. The Morgan fingerprint density at radius 3 is 2.74 bits per heavy atom. The molecule has 5 nitrogen and oxygen atoms in total. The number of hydrogen-bond acceptors (Lipinski definition) is 3. The second-order valence-electron chi connectivity index (χ2n) is 5.61. The van der Waals surface area contributed by atoms with Crippen LogP contribution in [-0.4, -0.2) is 25.0 Å². The van der Waals surface area contributed by atoms with Crippen LogP contribution in [-0.2, 0) is 4.79 Å². The molecule has 3 amide bonds. The summed E-state index contributed by atoms with van der Waals surface area (Å²) in [6, 6.07) is 11.3. The van der Waals surface area contributed by atoms with E-state index in [1.54, 1.807) is 11.3 Å². The lowest BCUT2D eigenvalue weighted by atomic mass is 10.1. The van der Waals surface area contributed by atoms with Crippen molar-refractivity contribution in [3.63, 3.8) is 0 Å². The van der Waals surface area contributed by atoms with Gasteiger partial charge in [-0.1, -0.05) is 18.2 Å². The Morgan fingerprint density at radius 2 is 2.00 bits per heavy atom. The fourth-order valence-corrected chi connectivity index (χ4v) is 2.90. The molecule has 2 aromatic rings. The van der Waals surface area contributed by atoms with Crippen molar-refractivity contribution in [1.82, 2.24) is 10.6 Å². The number of nitrogens with one attached hydrogen (secondary N) is 3. The van der Waals surface area contributed by atoms with E-state index in [2.05, 4.69) is 16.0 Å². The van der Waals surface area contributed by atoms with Crippen LogP contribution in [0.2, 0.25) is 0 Å². The molecule has 1 aliphatic rings. The van der Waals surface area contributed by atoms with Crippen LogP contribution >= 0.6 is 11.3 Å². The summed E-state index contributed by atoms with van der Waals surface area (Å²) in [7, 11) is 0. The lowest BCUT2D eigenvalue weighted by molar-refractivity contribution is -0.120. The van der Waals surface area contributed by atoms with Gasteiger partial charge in [-0.25, -0.2) is 4.79 Å². The fraction of sp³-hybridized carbons (Fsp3) is 0.294. The van der Waals surface area contributed by atoms with E-state index in [9.17, 15) is 9.59 Å². The molecule has 0 saturated heterocycles. The third-order valence-electron chi connectivity index (χ3n) is 3.62. The molecule has 0 bridgehead atoms.